The summed E-state index contributed by atoms with van der Waals surface area (Å²) in [5.41, 5.74) is 0.507. The van der Waals surface area contributed by atoms with Gasteiger partial charge in [-0.2, -0.15) is 0 Å². The van der Waals surface area contributed by atoms with Crippen LogP contribution in [0.15, 0.2) is 18.2 Å². The summed E-state index contributed by atoms with van der Waals surface area (Å²) < 4.78 is 27.6. The Kier molecular flexibility index (Phi) is 5.08. The van der Waals surface area contributed by atoms with E-state index in [1.165, 1.54) is 4.31 Å². The molecule has 4 nitrogen and oxygen atoms in total. The molecule has 0 N–H and O–H groups in total. The van der Waals surface area contributed by atoms with E-state index in [9.17, 15) is 13.2 Å². The topological polar surface area (TPSA) is 54.5 Å². The molecule has 1 spiro atoms. The van der Waals surface area contributed by atoms with Gasteiger partial charge in [0.2, 0.25) is 15.9 Å². The van der Waals surface area contributed by atoms with E-state index in [1.807, 2.05) is 19.9 Å². The molecule has 29 heavy (non-hydrogen) atoms. The molecule has 1 saturated heterocycles. The number of benzene rings is 1. The Bertz CT molecular complexity index is 959. The lowest BCUT2D eigenvalue weighted by atomic mass is 9.69. The van der Waals surface area contributed by atoms with Gasteiger partial charge in [-0.15, -0.1) is 0 Å². The largest absolute Gasteiger partial charge is 0.274 e. The van der Waals surface area contributed by atoms with E-state index in [-0.39, 0.29) is 46.8 Å². The maximum atomic E-state index is 13.4. The maximum absolute atomic E-state index is 13.4. The minimum Gasteiger partial charge on any atom is -0.274 e. The van der Waals surface area contributed by atoms with Crippen LogP contribution in [0, 0.1) is 22.7 Å². The van der Waals surface area contributed by atoms with Crippen molar-refractivity contribution >= 4 is 39.1 Å². The van der Waals surface area contributed by atoms with Gasteiger partial charge in [-0.25, -0.2) is 12.7 Å². The van der Waals surface area contributed by atoms with Gasteiger partial charge >= 0.3 is 0 Å². The molecule has 3 fully saturated rings. The van der Waals surface area contributed by atoms with Crippen LogP contribution in [0.5, 0.6) is 0 Å². The highest BCUT2D eigenvalue weighted by molar-refractivity contribution is 7.90. The molecule has 4 atom stereocenters. The third kappa shape index (κ3) is 3.06. The maximum Gasteiger partial charge on any atom is 0.238 e. The monoisotopic (exact) mass is 457 g/mol. The van der Waals surface area contributed by atoms with Crippen LogP contribution in [0.1, 0.15) is 64.9 Å². The quantitative estimate of drug-likeness (QED) is 0.600. The molecule has 1 aromatic carbocycles. The zero-order valence-corrected chi connectivity index (χ0v) is 19.7. The number of sulfonamides is 1. The molecule has 1 heterocycles. The van der Waals surface area contributed by atoms with Gasteiger partial charge in [0.05, 0.1) is 11.8 Å². The highest BCUT2D eigenvalue weighted by atomic mass is 35.5. The van der Waals surface area contributed by atoms with Crippen molar-refractivity contribution in [3.63, 3.8) is 0 Å². The average molecular weight is 458 g/mol. The predicted octanol–water partition coefficient (Wildman–Crippen LogP) is 5.49. The number of hydrogen-bond acceptors (Lipinski definition) is 3. The summed E-state index contributed by atoms with van der Waals surface area (Å²) in [4.78, 5) is 13.4. The predicted molar refractivity (Wildman–Crippen MR) is 117 cm³/mol. The second-order valence-electron chi connectivity index (χ2n) is 10.0. The number of nitrogens with zero attached hydrogens (tertiary/aromatic N) is 1. The van der Waals surface area contributed by atoms with Gasteiger partial charge in [0.25, 0.3) is 0 Å². The number of carbonyl (C=O) groups excluding carboxylic acids is 1. The molecular formula is C22H29Cl2NO3S. The van der Waals surface area contributed by atoms with Crippen LogP contribution in [0.2, 0.25) is 10.0 Å². The van der Waals surface area contributed by atoms with Crippen LogP contribution in [0.4, 0.5) is 0 Å². The van der Waals surface area contributed by atoms with Crippen LogP contribution in [-0.4, -0.2) is 30.4 Å². The van der Waals surface area contributed by atoms with E-state index in [0.717, 1.165) is 24.8 Å². The first-order valence-corrected chi connectivity index (χ1v) is 12.8. The van der Waals surface area contributed by atoms with Crippen LogP contribution < -0.4 is 0 Å². The van der Waals surface area contributed by atoms with Gasteiger partial charge in [-0.05, 0) is 60.1 Å². The highest BCUT2D eigenvalue weighted by Crippen LogP contribution is 2.70. The van der Waals surface area contributed by atoms with E-state index in [2.05, 4.69) is 13.8 Å². The van der Waals surface area contributed by atoms with Gasteiger partial charge in [0, 0.05) is 21.9 Å². The second kappa shape index (κ2) is 6.86. The third-order valence-corrected chi connectivity index (χ3v) is 10.7. The Hall–Kier alpha value is -0.780. The molecule has 2 bridgehead atoms. The first-order valence-electron chi connectivity index (χ1n) is 10.4. The van der Waals surface area contributed by atoms with Crippen molar-refractivity contribution in [3.8, 4) is 0 Å². The highest BCUT2D eigenvalue weighted by Gasteiger charge is 2.72. The fraction of sp³-hybridized carbons (Fsp3) is 0.682. The van der Waals surface area contributed by atoms with Crippen molar-refractivity contribution in [2.75, 3.05) is 5.75 Å². The number of fused-ring (bicyclic) bond motifs is 1. The van der Waals surface area contributed by atoms with E-state index >= 15 is 0 Å². The van der Waals surface area contributed by atoms with Crippen LogP contribution in [-0.2, 0) is 14.8 Å². The summed E-state index contributed by atoms with van der Waals surface area (Å²) in [5.74, 6) is 0.275. The molecule has 1 aromatic rings. The first kappa shape index (κ1) is 21.5. The lowest BCUT2D eigenvalue weighted by molar-refractivity contribution is -0.129. The summed E-state index contributed by atoms with van der Waals surface area (Å²) in [6.45, 7) is 8.45. The molecular weight excluding hydrogens is 429 g/mol. The van der Waals surface area contributed by atoms with E-state index in [4.69, 9.17) is 23.2 Å². The average Bonchev–Trinajstić information content (AvgIpc) is 3.07. The lowest BCUT2D eigenvalue weighted by Crippen LogP contribution is -2.44. The molecule has 1 amide bonds. The number of amides is 1. The van der Waals surface area contributed by atoms with Crippen molar-refractivity contribution in [3.05, 3.63) is 33.8 Å². The molecule has 160 valence electrons. The fourth-order valence-corrected chi connectivity index (χ4v) is 9.51. The molecule has 2 aliphatic carbocycles. The number of halogens is 2. The summed E-state index contributed by atoms with van der Waals surface area (Å²) in [5, 5.41) is 1.06. The Morgan fingerprint density at radius 2 is 1.97 bits per heavy atom. The van der Waals surface area contributed by atoms with E-state index in [1.54, 1.807) is 12.1 Å². The van der Waals surface area contributed by atoms with Gasteiger partial charge in [-0.3, -0.25) is 4.79 Å². The van der Waals surface area contributed by atoms with Crippen molar-refractivity contribution in [1.29, 1.82) is 0 Å². The van der Waals surface area contributed by atoms with E-state index < -0.39 is 10.0 Å². The molecule has 0 aromatic heterocycles. The van der Waals surface area contributed by atoms with Gasteiger partial charge in [0.15, 0.2) is 0 Å². The molecule has 0 unspecified atom stereocenters. The second-order valence-corrected chi connectivity index (χ2v) is 12.7. The van der Waals surface area contributed by atoms with Crippen LogP contribution in [0.3, 0.4) is 0 Å². The van der Waals surface area contributed by atoms with Crippen molar-refractivity contribution < 1.29 is 13.2 Å². The Balaban J connectivity index is 1.65. The van der Waals surface area contributed by atoms with Gasteiger partial charge in [0.1, 0.15) is 0 Å². The van der Waals surface area contributed by atoms with Gasteiger partial charge < -0.3 is 0 Å². The third-order valence-electron chi connectivity index (χ3n) is 8.22. The SMILES string of the molecule is CC(C)[C@H](CC(=O)N1[C@H]2C[C@@H]3CC[C@@]2(CS1(=O)=O)C3(C)C)c1ccc(Cl)cc1Cl. The zero-order valence-electron chi connectivity index (χ0n) is 17.4. The normalized spacial score (nSPS) is 32.6. The molecule has 4 rings (SSSR count). The minimum absolute atomic E-state index is 0.0449. The van der Waals surface area contributed by atoms with Crippen molar-refractivity contribution in [2.24, 2.45) is 22.7 Å². The summed E-state index contributed by atoms with van der Waals surface area (Å²) in [6, 6.07) is 5.10. The Labute approximate surface area is 184 Å². The van der Waals surface area contributed by atoms with E-state index in [0.29, 0.717) is 16.0 Å². The Morgan fingerprint density at radius 1 is 1.28 bits per heavy atom. The van der Waals surface area contributed by atoms with Crippen molar-refractivity contribution in [1.82, 2.24) is 4.31 Å². The Morgan fingerprint density at radius 3 is 2.55 bits per heavy atom. The zero-order chi connectivity index (χ0) is 21.4. The molecule has 0 radical (unpaired) electrons. The fourth-order valence-electron chi connectivity index (χ4n) is 6.40. The minimum atomic E-state index is -3.60. The molecule has 1 aliphatic heterocycles. The summed E-state index contributed by atoms with van der Waals surface area (Å²) in [7, 11) is -3.60. The lowest BCUT2D eigenvalue weighted by Gasteiger charge is -2.37. The summed E-state index contributed by atoms with van der Waals surface area (Å²) in [6.07, 6.45) is 2.90. The number of rotatable bonds is 4. The number of carbonyl (C=O) groups is 1. The summed E-state index contributed by atoms with van der Waals surface area (Å²) >= 11 is 12.4. The molecule has 2 saturated carbocycles. The van der Waals surface area contributed by atoms with Crippen LogP contribution >= 0.6 is 23.2 Å². The first-order chi connectivity index (χ1) is 13.4. The smallest absolute Gasteiger partial charge is 0.238 e. The number of hydrogen-bond donors (Lipinski definition) is 0. The molecule has 3 aliphatic rings. The van der Waals surface area contributed by atoms with Crippen molar-refractivity contribution in [2.45, 2.75) is 65.3 Å². The standard InChI is InChI=1S/C22H29Cl2NO3S/c1-13(2)17(16-6-5-15(23)10-18(16)24)11-20(26)25-19-9-14-7-8-22(19,21(14,3)4)12-29(25,27)28/h5-6,10,13-14,17,19H,7-9,11-12H2,1-4H3/t14-,17-,19-,22-/m0/s1. The molecule has 7 heteroatoms. The van der Waals surface area contributed by atoms with Crippen LogP contribution in [0.25, 0.3) is 0 Å². The van der Waals surface area contributed by atoms with Gasteiger partial charge in [-0.1, -0.05) is 57.0 Å².